The standard InChI is InChI=1S/C13H14N4O6/c1-3-4-14-11(19)6-15-12-10(16(20)21)5-9(7-18)8(2)13(12)17(22)23/h1,5,15,18H,4,6-7H2,2H3,(H,14,19). The Balaban J connectivity index is 3.30. The Bertz CT molecular complexity index is 695. The van der Waals surface area contributed by atoms with Gasteiger partial charge >= 0.3 is 5.69 Å². The van der Waals surface area contributed by atoms with Gasteiger partial charge < -0.3 is 15.7 Å². The Kier molecular flexibility index (Phi) is 5.99. The molecule has 3 N–H and O–H groups in total. The van der Waals surface area contributed by atoms with Crippen molar-refractivity contribution in [3.8, 4) is 12.3 Å². The lowest BCUT2D eigenvalue weighted by Crippen LogP contribution is -2.30. The van der Waals surface area contributed by atoms with E-state index in [1.54, 1.807) is 0 Å². The second-order valence-electron chi connectivity index (χ2n) is 4.41. The molecule has 1 amide bonds. The zero-order chi connectivity index (χ0) is 17.6. The molecule has 0 aliphatic carbocycles. The SMILES string of the molecule is C#CCNC(=O)CNc1c([N+](=O)[O-])cc(CO)c(C)c1[N+](=O)[O-]. The molecule has 122 valence electrons. The zero-order valence-corrected chi connectivity index (χ0v) is 12.2. The summed E-state index contributed by atoms with van der Waals surface area (Å²) >= 11 is 0. The van der Waals surface area contributed by atoms with Gasteiger partial charge in [-0.25, -0.2) is 0 Å². The number of hydrogen-bond acceptors (Lipinski definition) is 7. The van der Waals surface area contributed by atoms with Crippen LogP contribution in [0.2, 0.25) is 0 Å². The second kappa shape index (κ2) is 7.71. The number of nitro groups is 2. The summed E-state index contributed by atoms with van der Waals surface area (Å²) in [5, 5.41) is 36.3. The number of nitrogens with zero attached hydrogens (tertiary/aromatic N) is 2. The Labute approximate surface area is 130 Å². The maximum Gasteiger partial charge on any atom is 0.302 e. The predicted molar refractivity (Wildman–Crippen MR) is 80.7 cm³/mol. The van der Waals surface area contributed by atoms with Crippen molar-refractivity contribution in [1.82, 2.24) is 5.32 Å². The lowest BCUT2D eigenvalue weighted by Gasteiger charge is -2.11. The summed E-state index contributed by atoms with van der Waals surface area (Å²) in [5.41, 5.74) is -1.42. The minimum atomic E-state index is -0.826. The highest BCUT2D eigenvalue weighted by atomic mass is 16.6. The molecule has 0 unspecified atom stereocenters. The third-order valence-corrected chi connectivity index (χ3v) is 3.00. The molecule has 10 heteroatoms. The van der Waals surface area contributed by atoms with E-state index in [0.29, 0.717) is 0 Å². The van der Waals surface area contributed by atoms with Gasteiger partial charge in [-0.3, -0.25) is 25.0 Å². The van der Waals surface area contributed by atoms with Crippen LogP contribution >= 0.6 is 0 Å². The molecular formula is C13H14N4O6. The first-order valence-electron chi connectivity index (χ1n) is 6.33. The van der Waals surface area contributed by atoms with E-state index in [-0.39, 0.29) is 17.7 Å². The Hall–Kier alpha value is -3.19. The monoisotopic (exact) mass is 322 g/mol. The van der Waals surface area contributed by atoms with Gasteiger partial charge in [-0.2, -0.15) is 0 Å². The molecule has 0 spiro atoms. The van der Waals surface area contributed by atoms with Crippen LogP contribution in [-0.2, 0) is 11.4 Å². The van der Waals surface area contributed by atoms with Crippen molar-refractivity contribution in [1.29, 1.82) is 0 Å². The number of carbonyl (C=O) groups is 1. The van der Waals surface area contributed by atoms with Gasteiger partial charge in [0.25, 0.3) is 5.69 Å². The van der Waals surface area contributed by atoms with Gasteiger partial charge in [-0.15, -0.1) is 6.42 Å². The number of nitrogens with one attached hydrogen (secondary N) is 2. The summed E-state index contributed by atoms with van der Waals surface area (Å²) < 4.78 is 0. The van der Waals surface area contributed by atoms with Crippen molar-refractivity contribution in [2.24, 2.45) is 0 Å². The zero-order valence-electron chi connectivity index (χ0n) is 12.2. The van der Waals surface area contributed by atoms with E-state index in [9.17, 15) is 30.1 Å². The summed E-state index contributed by atoms with van der Waals surface area (Å²) in [7, 11) is 0. The summed E-state index contributed by atoms with van der Waals surface area (Å²) in [5.74, 6) is 1.60. The van der Waals surface area contributed by atoms with Crippen LogP contribution in [0.15, 0.2) is 6.07 Å². The molecule has 0 atom stereocenters. The Morgan fingerprint density at radius 1 is 1.39 bits per heavy atom. The van der Waals surface area contributed by atoms with Gasteiger partial charge in [0.15, 0.2) is 5.69 Å². The average Bonchev–Trinajstić information content (AvgIpc) is 2.49. The summed E-state index contributed by atoms with van der Waals surface area (Å²) in [6, 6.07) is 1.03. The van der Waals surface area contributed by atoms with Crippen LogP contribution in [0.3, 0.4) is 0 Å². The maximum atomic E-state index is 11.5. The third kappa shape index (κ3) is 4.14. The molecule has 0 radical (unpaired) electrons. The van der Waals surface area contributed by atoms with Gasteiger partial charge in [-0.1, -0.05) is 5.92 Å². The largest absolute Gasteiger partial charge is 0.392 e. The summed E-state index contributed by atoms with van der Waals surface area (Å²) in [4.78, 5) is 32.2. The molecule has 0 aliphatic heterocycles. The number of rotatable bonds is 7. The Morgan fingerprint density at radius 2 is 2.04 bits per heavy atom. The molecule has 0 heterocycles. The molecule has 0 aliphatic rings. The van der Waals surface area contributed by atoms with Crippen LogP contribution in [0.25, 0.3) is 0 Å². The molecule has 1 aromatic carbocycles. The number of carbonyl (C=O) groups excluding carboxylic acids is 1. The van der Waals surface area contributed by atoms with Crippen molar-refractivity contribution in [3.63, 3.8) is 0 Å². The third-order valence-electron chi connectivity index (χ3n) is 3.00. The lowest BCUT2D eigenvalue weighted by atomic mass is 10.0. The first-order valence-corrected chi connectivity index (χ1v) is 6.33. The Morgan fingerprint density at radius 3 is 2.52 bits per heavy atom. The van der Waals surface area contributed by atoms with E-state index in [4.69, 9.17) is 6.42 Å². The van der Waals surface area contributed by atoms with Gasteiger partial charge in [0.1, 0.15) is 0 Å². The van der Waals surface area contributed by atoms with E-state index in [0.717, 1.165) is 6.07 Å². The molecule has 1 rings (SSSR count). The van der Waals surface area contributed by atoms with E-state index in [1.165, 1.54) is 6.92 Å². The molecule has 0 saturated heterocycles. The molecule has 0 fully saturated rings. The number of aliphatic hydroxyl groups excluding tert-OH is 1. The fourth-order valence-electron chi connectivity index (χ4n) is 1.90. The van der Waals surface area contributed by atoms with Gasteiger partial charge in [0.05, 0.1) is 29.5 Å². The van der Waals surface area contributed by atoms with Crippen molar-refractivity contribution in [2.45, 2.75) is 13.5 Å². The minimum absolute atomic E-state index is 0.0345. The van der Waals surface area contributed by atoms with Gasteiger partial charge in [0.2, 0.25) is 5.91 Å². The van der Waals surface area contributed by atoms with Crippen molar-refractivity contribution >= 4 is 23.0 Å². The van der Waals surface area contributed by atoms with Crippen LogP contribution < -0.4 is 10.6 Å². The number of terminal acetylenes is 1. The van der Waals surface area contributed by atoms with E-state index < -0.39 is 46.0 Å². The molecule has 1 aromatic rings. The van der Waals surface area contributed by atoms with Gasteiger partial charge in [-0.05, 0) is 12.5 Å². The fraction of sp³-hybridized carbons (Fsp3) is 0.308. The van der Waals surface area contributed by atoms with Crippen LogP contribution in [-0.4, -0.2) is 33.9 Å². The highest BCUT2D eigenvalue weighted by Gasteiger charge is 2.30. The minimum Gasteiger partial charge on any atom is -0.392 e. The predicted octanol–water partition coefficient (Wildman–Crippen LogP) is 0.465. The summed E-state index contributed by atoms with van der Waals surface area (Å²) in [6.45, 7) is 0.307. The van der Waals surface area contributed by atoms with E-state index >= 15 is 0 Å². The van der Waals surface area contributed by atoms with E-state index in [1.807, 2.05) is 0 Å². The number of aliphatic hydroxyl groups is 1. The average molecular weight is 322 g/mol. The first kappa shape index (κ1) is 17.9. The first-order chi connectivity index (χ1) is 10.8. The normalized spacial score (nSPS) is 9.78. The molecular weight excluding hydrogens is 308 g/mol. The lowest BCUT2D eigenvalue weighted by molar-refractivity contribution is -0.392. The smallest absolute Gasteiger partial charge is 0.302 e. The van der Waals surface area contributed by atoms with Crippen LogP contribution in [0.5, 0.6) is 0 Å². The van der Waals surface area contributed by atoms with Crippen LogP contribution in [0, 0.1) is 39.5 Å². The highest BCUT2D eigenvalue weighted by Crippen LogP contribution is 2.39. The molecule has 10 nitrogen and oxygen atoms in total. The number of amides is 1. The number of nitro benzene ring substituents is 2. The van der Waals surface area contributed by atoms with Crippen molar-refractivity contribution in [2.75, 3.05) is 18.4 Å². The second-order valence-corrected chi connectivity index (χ2v) is 4.41. The number of anilines is 1. The molecule has 0 saturated carbocycles. The van der Waals surface area contributed by atoms with Crippen LogP contribution in [0.4, 0.5) is 17.1 Å². The van der Waals surface area contributed by atoms with Crippen molar-refractivity contribution in [3.05, 3.63) is 37.4 Å². The number of benzene rings is 1. The molecule has 23 heavy (non-hydrogen) atoms. The van der Waals surface area contributed by atoms with Crippen molar-refractivity contribution < 1.29 is 19.7 Å². The maximum absolute atomic E-state index is 11.5. The highest BCUT2D eigenvalue weighted by molar-refractivity contribution is 5.85. The molecule has 0 bridgehead atoms. The van der Waals surface area contributed by atoms with Gasteiger partial charge in [0, 0.05) is 11.6 Å². The summed E-state index contributed by atoms with van der Waals surface area (Å²) in [6.07, 6.45) is 4.98. The van der Waals surface area contributed by atoms with E-state index in [2.05, 4.69) is 16.6 Å². The quantitative estimate of drug-likeness (QED) is 0.375. The molecule has 0 aromatic heterocycles. The number of hydrogen-bond donors (Lipinski definition) is 3. The van der Waals surface area contributed by atoms with Crippen LogP contribution in [0.1, 0.15) is 11.1 Å². The topological polar surface area (TPSA) is 148 Å². The fourth-order valence-corrected chi connectivity index (χ4v) is 1.90.